The molecule has 0 aliphatic heterocycles. The second-order valence-corrected chi connectivity index (χ2v) is 7.35. The maximum Gasteiger partial charge on any atom is 0.265 e. The molecule has 0 aliphatic carbocycles. The Balaban J connectivity index is 1.57. The molecule has 3 aromatic heterocycles. The quantitative estimate of drug-likeness (QED) is 0.495. The monoisotopic (exact) mass is 374 g/mol. The Morgan fingerprint density at radius 1 is 1.32 bits per heavy atom. The summed E-state index contributed by atoms with van der Waals surface area (Å²) in [6.07, 6.45) is 0. The number of para-hydroxylation sites is 1. The number of anilines is 2. The molecule has 128 valence electrons. The number of rotatable bonds is 5. The second-order valence-electron chi connectivity index (χ2n) is 5.29. The van der Waals surface area contributed by atoms with Crippen molar-refractivity contribution < 1.29 is 14.3 Å². The molecule has 0 radical (unpaired) electrons. The van der Waals surface area contributed by atoms with Crippen LogP contribution in [0.25, 0.3) is 20.6 Å². The second kappa shape index (κ2) is 6.43. The Kier molecular flexibility index (Phi) is 4.12. The van der Waals surface area contributed by atoms with Crippen molar-refractivity contribution in [1.29, 1.82) is 0 Å². The lowest BCUT2D eigenvalue weighted by molar-refractivity contribution is 0.103. The number of carbonyl (C=O) groups is 1. The molecule has 7 nitrogen and oxygen atoms in total. The zero-order valence-electron chi connectivity index (χ0n) is 13.2. The highest BCUT2D eigenvalue weighted by Crippen LogP contribution is 2.33. The van der Waals surface area contributed by atoms with Crippen LogP contribution in [0.4, 0.5) is 10.8 Å². The highest BCUT2D eigenvalue weighted by Gasteiger charge is 2.16. The number of hydrogen-bond acceptors (Lipinski definition) is 8. The highest BCUT2D eigenvalue weighted by molar-refractivity contribution is 7.29. The molecule has 0 spiro atoms. The number of thiophene rings is 1. The maximum atomic E-state index is 12.6. The van der Waals surface area contributed by atoms with Crippen LogP contribution in [-0.2, 0) is 0 Å². The first kappa shape index (κ1) is 16.0. The van der Waals surface area contributed by atoms with E-state index in [0.717, 1.165) is 14.7 Å². The third-order valence-electron chi connectivity index (χ3n) is 3.48. The van der Waals surface area contributed by atoms with Gasteiger partial charge in [-0.1, -0.05) is 17.4 Å². The Morgan fingerprint density at radius 2 is 2.20 bits per heavy atom. The minimum absolute atomic E-state index is 0.0496. The summed E-state index contributed by atoms with van der Waals surface area (Å²) in [6.45, 7) is 2.27. The molecule has 1 amide bonds. The van der Waals surface area contributed by atoms with Crippen molar-refractivity contribution in [2.75, 3.05) is 23.8 Å². The predicted octanol–water partition coefficient (Wildman–Crippen LogP) is 3.46. The van der Waals surface area contributed by atoms with E-state index in [-0.39, 0.29) is 12.5 Å². The fraction of sp³-hybridized carbons (Fsp3) is 0.188. The molecular formula is C16H14N4O3S2. The molecule has 3 heterocycles. The molecule has 0 aliphatic rings. The molecule has 0 bridgehead atoms. The summed E-state index contributed by atoms with van der Waals surface area (Å²) in [6, 6.07) is 7.26. The summed E-state index contributed by atoms with van der Waals surface area (Å²) >= 11 is 2.79. The normalized spacial score (nSPS) is 11.3. The lowest BCUT2D eigenvalue weighted by Crippen LogP contribution is -2.10. The zero-order chi connectivity index (χ0) is 17.4. The van der Waals surface area contributed by atoms with Crippen LogP contribution < -0.4 is 10.6 Å². The lowest BCUT2D eigenvalue weighted by Gasteiger charge is -2.03. The molecule has 25 heavy (non-hydrogen) atoms. The minimum atomic E-state index is -0.201. The average Bonchev–Trinajstić information content (AvgIpc) is 3.24. The SMILES string of the molecule is Cc1nc2c(NC(=O)c3cc4sc(NCCO)nc4s3)cccc2o1. The van der Waals surface area contributed by atoms with E-state index in [0.29, 0.717) is 34.1 Å². The van der Waals surface area contributed by atoms with Crippen molar-refractivity contribution in [2.24, 2.45) is 0 Å². The van der Waals surface area contributed by atoms with Crippen molar-refractivity contribution in [2.45, 2.75) is 6.92 Å². The van der Waals surface area contributed by atoms with Gasteiger partial charge in [-0.15, -0.1) is 11.3 Å². The number of aliphatic hydroxyl groups is 1. The van der Waals surface area contributed by atoms with Crippen LogP contribution in [-0.4, -0.2) is 34.1 Å². The van der Waals surface area contributed by atoms with Gasteiger partial charge in [0.1, 0.15) is 10.3 Å². The maximum absolute atomic E-state index is 12.6. The largest absolute Gasteiger partial charge is 0.441 e. The molecule has 0 fully saturated rings. The van der Waals surface area contributed by atoms with Gasteiger partial charge >= 0.3 is 0 Å². The molecule has 9 heteroatoms. The van der Waals surface area contributed by atoms with E-state index in [4.69, 9.17) is 9.52 Å². The van der Waals surface area contributed by atoms with E-state index in [1.165, 1.54) is 22.7 Å². The molecule has 0 atom stereocenters. The standard InChI is InChI=1S/C16H14N4O3S2/c1-8-18-13-9(3-2-4-10(13)23-8)19-14(22)11-7-12-15(24-11)20-16(25-12)17-5-6-21/h2-4,7,21H,5-6H2,1H3,(H,17,20)(H,19,22). The first-order valence-electron chi connectivity index (χ1n) is 7.56. The summed E-state index contributed by atoms with van der Waals surface area (Å²) in [5.41, 5.74) is 1.90. The van der Waals surface area contributed by atoms with Crippen LogP contribution in [0.1, 0.15) is 15.6 Å². The Hall–Kier alpha value is -2.49. The molecule has 0 unspecified atom stereocenters. The topological polar surface area (TPSA) is 100 Å². The summed E-state index contributed by atoms with van der Waals surface area (Å²) in [5, 5.41) is 15.5. The molecule has 0 saturated heterocycles. The number of fused-ring (bicyclic) bond motifs is 2. The van der Waals surface area contributed by atoms with E-state index in [9.17, 15) is 4.79 Å². The Bertz CT molecular complexity index is 1030. The van der Waals surface area contributed by atoms with Gasteiger partial charge in [-0.05, 0) is 18.2 Å². The van der Waals surface area contributed by atoms with E-state index in [2.05, 4.69) is 20.6 Å². The molecular weight excluding hydrogens is 360 g/mol. The number of hydrogen-bond donors (Lipinski definition) is 3. The number of carbonyl (C=O) groups excluding carboxylic acids is 1. The molecule has 0 saturated carbocycles. The summed E-state index contributed by atoms with van der Waals surface area (Å²) < 4.78 is 6.42. The molecule has 4 aromatic rings. The Labute approximate surface area is 150 Å². The van der Waals surface area contributed by atoms with Gasteiger partial charge in [-0.2, -0.15) is 0 Å². The van der Waals surface area contributed by atoms with E-state index < -0.39 is 0 Å². The number of aliphatic hydroxyl groups excluding tert-OH is 1. The van der Waals surface area contributed by atoms with Crippen LogP contribution in [0.2, 0.25) is 0 Å². The van der Waals surface area contributed by atoms with Gasteiger partial charge in [0, 0.05) is 13.5 Å². The van der Waals surface area contributed by atoms with Crippen molar-refractivity contribution in [1.82, 2.24) is 9.97 Å². The summed E-state index contributed by atoms with van der Waals surface area (Å²) in [5.74, 6) is 0.355. The van der Waals surface area contributed by atoms with Crippen molar-refractivity contribution in [3.63, 3.8) is 0 Å². The van der Waals surface area contributed by atoms with Gasteiger partial charge in [-0.3, -0.25) is 4.79 Å². The summed E-state index contributed by atoms with van der Waals surface area (Å²) in [7, 11) is 0. The van der Waals surface area contributed by atoms with Crippen LogP contribution in [0.15, 0.2) is 28.7 Å². The van der Waals surface area contributed by atoms with Crippen LogP contribution in [0.3, 0.4) is 0 Å². The van der Waals surface area contributed by atoms with Gasteiger partial charge < -0.3 is 20.2 Å². The van der Waals surface area contributed by atoms with Crippen LogP contribution in [0, 0.1) is 6.92 Å². The lowest BCUT2D eigenvalue weighted by atomic mass is 10.2. The van der Waals surface area contributed by atoms with Crippen LogP contribution in [0.5, 0.6) is 0 Å². The van der Waals surface area contributed by atoms with Gasteiger partial charge in [0.05, 0.1) is 21.9 Å². The Morgan fingerprint density at radius 3 is 3.00 bits per heavy atom. The number of aromatic nitrogens is 2. The molecule has 1 aromatic carbocycles. The number of aryl methyl sites for hydroxylation is 1. The first-order valence-corrected chi connectivity index (χ1v) is 9.20. The van der Waals surface area contributed by atoms with Crippen molar-refractivity contribution in [3.05, 3.63) is 35.0 Å². The average molecular weight is 374 g/mol. The first-order chi connectivity index (χ1) is 12.1. The number of benzene rings is 1. The molecule has 4 rings (SSSR count). The van der Waals surface area contributed by atoms with E-state index in [1.807, 2.05) is 18.2 Å². The number of nitrogens with zero attached hydrogens (tertiary/aromatic N) is 2. The fourth-order valence-corrected chi connectivity index (χ4v) is 4.47. The number of nitrogens with one attached hydrogen (secondary N) is 2. The van der Waals surface area contributed by atoms with Gasteiger partial charge in [-0.25, -0.2) is 9.97 Å². The minimum Gasteiger partial charge on any atom is -0.441 e. The molecule has 3 N–H and O–H groups in total. The van der Waals surface area contributed by atoms with E-state index >= 15 is 0 Å². The third-order valence-corrected chi connectivity index (χ3v) is 5.59. The van der Waals surface area contributed by atoms with Gasteiger partial charge in [0.25, 0.3) is 5.91 Å². The smallest absolute Gasteiger partial charge is 0.265 e. The van der Waals surface area contributed by atoms with Gasteiger partial charge in [0.15, 0.2) is 16.6 Å². The van der Waals surface area contributed by atoms with Crippen LogP contribution >= 0.6 is 22.7 Å². The predicted molar refractivity (Wildman–Crippen MR) is 99.8 cm³/mol. The number of oxazole rings is 1. The third kappa shape index (κ3) is 3.09. The number of thiazole rings is 1. The fourth-order valence-electron chi connectivity index (χ4n) is 2.43. The zero-order valence-corrected chi connectivity index (χ0v) is 14.8. The summed E-state index contributed by atoms with van der Waals surface area (Å²) in [4.78, 5) is 22.7. The van der Waals surface area contributed by atoms with Crippen molar-refractivity contribution >= 4 is 60.0 Å². The number of amides is 1. The van der Waals surface area contributed by atoms with E-state index in [1.54, 1.807) is 13.0 Å². The van der Waals surface area contributed by atoms with Gasteiger partial charge in [0.2, 0.25) is 0 Å². The highest BCUT2D eigenvalue weighted by atomic mass is 32.1. The van der Waals surface area contributed by atoms with Crippen molar-refractivity contribution in [3.8, 4) is 0 Å².